The van der Waals surface area contributed by atoms with Gasteiger partial charge in [-0.05, 0) is 44.8 Å². The Morgan fingerprint density at radius 3 is 2.48 bits per heavy atom. The summed E-state index contributed by atoms with van der Waals surface area (Å²) in [5.74, 6) is 0. The van der Waals surface area contributed by atoms with Crippen molar-refractivity contribution in [2.75, 3.05) is 0 Å². The standard InChI is InChI=1S/C20H20S/c1-5-16-10-7-9-14(3)13-19(21)18-12-8-11-17(6-2)20(18)15(16)4/h6-13,21H,2-5H2,1H3. The molecular weight excluding hydrogens is 272 g/mol. The van der Waals surface area contributed by atoms with E-state index in [1.54, 1.807) is 0 Å². The Kier molecular flexibility index (Phi) is 4.87. The number of aryl methyl sites for hydroxylation is 1. The van der Waals surface area contributed by atoms with Gasteiger partial charge in [0.2, 0.25) is 0 Å². The van der Waals surface area contributed by atoms with Crippen LogP contribution in [0.4, 0.5) is 0 Å². The molecule has 1 heteroatoms. The zero-order valence-corrected chi connectivity index (χ0v) is 13.3. The van der Waals surface area contributed by atoms with Crippen molar-refractivity contribution in [3.05, 3.63) is 70.6 Å². The minimum atomic E-state index is 0.891. The van der Waals surface area contributed by atoms with E-state index in [0.717, 1.165) is 38.1 Å². The van der Waals surface area contributed by atoms with Gasteiger partial charge in [-0.1, -0.05) is 69.1 Å². The fourth-order valence-corrected chi connectivity index (χ4v) is 2.82. The molecule has 0 spiro atoms. The lowest BCUT2D eigenvalue weighted by Gasteiger charge is -2.05. The zero-order chi connectivity index (χ0) is 15.4. The first-order valence-corrected chi connectivity index (χ1v) is 7.45. The van der Waals surface area contributed by atoms with E-state index >= 15 is 0 Å². The molecule has 0 unspecified atom stereocenters. The molecule has 0 nitrogen and oxygen atoms in total. The lowest BCUT2D eigenvalue weighted by molar-refractivity contribution is 1.13. The molecule has 0 amide bonds. The van der Waals surface area contributed by atoms with E-state index in [-0.39, 0.29) is 0 Å². The molecule has 2 aromatic carbocycles. The summed E-state index contributed by atoms with van der Waals surface area (Å²) in [6.07, 6.45) is 2.79. The summed E-state index contributed by atoms with van der Waals surface area (Å²) >= 11 is 4.66. The molecule has 0 aliphatic heterocycles. The maximum Gasteiger partial charge on any atom is 0.0125 e. The maximum absolute atomic E-state index is 4.66. The summed E-state index contributed by atoms with van der Waals surface area (Å²) in [4.78, 5) is 0.891. The molecule has 21 heavy (non-hydrogen) atoms. The van der Waals surface area contributed by atoms with Crippen molar-refractivity contribution in [1.29, 1.82) is 0 Å². The first-order chi connectivity index (χ1) is 10.1. The molecule has 0 fully saturated rings. The molecule has 106 valence electrons. The first kappa shape index (κ1) is 15.4. The molecule has 0 N–H and O–H groups in total. The van der Waals surface area contributed by atoms with Crippen molar-refractivity contribution in [1.82, 2.24) is 0 Å². The van der Waals surface area contributed by atoms with Gasteiger partial charge in [-0.3, -0.25) is 0 Å². The van der Waals surface area contributed by atoms with Crippen LogP contribution in [0.15, 0.2) is 53.9 Å². The van der Waals surface area contributed by atoms with E-state index in [1.807, 2.05) is 30.3 Å². The van der Waals surface area contributed by atoms with Gasteiger partial charge < -0.3 is 0 Å². The summed E-state index contributed by atoms with van der Waals surface area (Å²) in [6.45, 7) is 14.4. The minimum Gasteiger partial charge on any atom is -0.143 e. The Bertz CT molecular complexity index is 846. The lowest BCUT2D eigenvalue weighted by Crippen LogP contribution is -2.07. The van der Waals surface area contributed by atoms with Gasteiger partial charge >= 0.3 is 0 Å². The normalized spacial score (nSPS) is 10.2. The molecule has 2 rings (SSSR count). The van der Waals surface area contributed by atoms with Gasteiger partial charge in [0, 0.05) is 4.90 Å². The Labute approximate surface area is 131 Å². The molecule has 0 aliphatic rings. The van der Waals surface area contributed by atoms with E-state index in [9.17, 15) is 0 Å². The maximum atomic E-state index is 4.66. The molecule has 0 bridgehead atoms. The average Bonchev–Trinajstić information content (AvgIpc) is 2.49. The highest BCUT2D eigenvalue weighted by Gasteiger charge is 2.01. The molecule has 0 saturated heterocycles. The molecule has 0 aromatic heterocycles. The third-order valence-electron chi connectivity index (χ3n) is 3.59. The minimum absolute atomic E-state index is 0.891. The van der Waals surface area contributed by atoms with E-state index in [1.165, 1.54) is 5.56 Å². The van der Waals surface area contributed by atoms with Crippen LogP contribution >= 0.6 is 12.6 Å². The molecule has 2 aromatic rings. The number of benzene rings is 1. The quantitative estimate of drug-likeness (QED) is 0.785. The third-order valence-corrected chi connectivity index (χ3v) is 3.96. The van der Waals surface area contributed by atoms with E-state index < -0.39 is 0 Å². The van der Waals surface area contributed by atoms with Gasteiger partial charge in [0.25, 0.3) is 0 Å². The van der Waals surface area contributed by atoms with Gasteiger partial charge in [-0.25, -0.2) is 0 Å². The van der Waals surface area contributed by atoms with Crippen molar-refractivity contribution in [3.8, 4) is 0 Å². The first-order valence-electron chi connectivity index (χ1n) is 7.00. The number of fused-ring (bicyclic) bond motifs is 1. The van der Waals surface area contributed by atoms with Gasteiger partial charge in [-0.2, -0.15) is 0 Å². The Balaban J connectivity index is 3.22. The molecule has 0 atom stereocenters. The van der Waals surface area contributed by atoms with E-state index in [2.05, 4.69) is 57.5 Å². The van der Waals surface area contributed by atoms with E-state index in [4.69, 9.17) is 0 Å². The van der Waals surface area contributed by atoms with Crippen LogP contribution in [-0.2, 0) is 6.42 Å². The monoisotopic (exact) mass is 292 g/mol. The third kappa shape index (κ3) is 3.20. The molecule has 0 radical (unpaired) electrons. The molecule has 0 saturated carbocycles. The Morgan fingerprint density at radius 2 is 1.81 bits per heavy atom. The highest BCUT2D eigenvalue weighted by atomic mass is 32.1. The fraction of sp³-hybridized carbons (Fsp3) is 0.100. The zero-order valence-electron chi connectivity index (χ0n) is 12.4. The summed E-state index contributed by atoms with van der Waals surface area (Å²) in [7, 11) is 0. The largest absolute Gasteiger partial charge is 0.143 e. The van der Waals surface area contributed by atoms with E-state index in [0.29, 0.717) is 0 Å². The molecular formula is C20H20S. The van der Waals surface area contributed by atoms with Crippen LogP contribution < -0.4 is 10.4 Å². The van der Waals surface area contributed by atoms with Gasteiger partial charge in [0.15, 0.2) is 0 Å². The van der Waals surface area contributed by atoms with Crippen LogP contribution in [0.25, 0.3) is 30.0 Å². The Hall–Kier alpha value is -1.99. The topological polar surface area (TPSA) is 0 Å². The summed E-state index contributed by atoms with van der Waals surface area (Å²) in [5.41, 5.74) is 2.28. The predicted octanol–water partition coefficient (Wildman–Crippen LogP) is 4.28. The summed E-state index contributed by atoms with van der Waals surface area (Å²) < 4.78 is 0. The van der Waals surface area contributed by atoms with Crippen LogP contribution in [-0.4, -0.2) is 0 Å². The van der Waals surface area contributed by atoms with Crippen molar-refractivity contribution >= 4 is 42.6 Å². The van der Waals surface area contributed by atoms with Crippen LogP contribution in [0.1, 0.15) is 18.1 Å². The Morgan fingerprint density at radius 1 is 1.10 bits per heavy atom. The van der Waals surface area contributed by atoms with Crippen molar-refractivity contribution < 1.29 is 0 Å². The number of rotatable bonds is 2. The second-order valence-electron chi connectivity index (χ2n) is 4.96. The number of hydrogen-bond donors (Lipinski definition) is 1. The van der Waals surface area contributed by atoms with Gasteiger partial charge in [-0.15, -0.1) is 12.6 Å². The second-order valence-corrected chi connectivity index (χ2v) is 5.44. The second kappa shape index (κ2) is 6.64. The number of hydrogen-bond acceptors (Lipinski definition) is 1. The van der Waals surface area contributed by atoms with Crippen LogP contribution in [0.3, 0.4) is 0 Å². The van der Waals surface area contributed by atoms with Crippen molar-refractivity contribution in [2.24, 2.45) is 0 Å². The lowest BCUT2D eigenvalue weighted by atomic mass is 10.0. The smallest absolute Gasteiger partial charge is 0.0125 e. The predicted molar refractivity (Wildman–Crippen MR) is 98.6 cm³/mol. The summed E-state index contributed by atoms with van der Waals surface area (Å²) in [5, 5.41) is 4.12. The molecule has 0 heterocycles. The van der Waals surface area contributed by atoms with Crippen molar-refractivity contribution in [2.45, 2.75) is 18.2 Å². The fourth-order valence-electron chi connectivity index (χ4n) is 2.47. The van der Waals surface area contributed by atoms with Gasteiger partial charge in [0.05, 0.1) is 0 Å². The van der Waals surface area contributed by atoms with Crippen molar-refractivity contribution in [3.63, 3.8) is 0 Å². The highest BCUT2D eigenvalue weighted by molar-refractivity contribution is 7.80. The highest BCUT2D eigenvalue weighted by Crippen LogP contribution is 2.20. The summed E-state index contributed by atoms with van der Waals surface area (Å²) in [6, 6.07) is 14.2. The van der Waals surface area contributed by atoms with Crippen LogP contribution in [0.5, 0.6) is 0 Å². The SMILES string of the molecule is C=Cc1cccc2c(S)cc(=C)cccc(CC)c(=C)c12. The number of thiol groups is 1. The van der Waals surface area contributed by atoms with Crippen LogP contribution in [0.2, 0.25) is 0 Å². The average molecular weight is 292 g/mol. The molecule has 0 aliphatic carbocycles. The van der Waals surface area contributed by atoms with Crippen LogP contribution in [0, 0.1) is 0 Å². The van der Waals surface area contributed by atoms with Gasteiger partial charge in [0.1, 0.15) is 0 Å².